The quantitative estimate of drug-likeness (QED) is 0.308. The Labute approximate surface area is 224 Å². The molecule has 1 N–H and O–H groups in total. The lowest BCUT2D eigenvalue weighted by atomic mass is 9.78. The lowest BCUT2D eigenvalue weighted by Crippen LogP contribution is -2.52. The average molecular weight is 523 g/mol. The number of nitrogens with zero attached hydrogens (tertiary/aromatic N) is 1. The molecule has 0 bridgehead atoms. The van der Waals surface area contributed by atoms with E-state index in [1.165, 1.54) is 0 Å². The summed E-state index contributed by atoms with van der Waals surface area (Å²) in [5.41, 5.74) is 0.140. The highest BCUT2D eigenvalue weighted by Gasteiger charge is 2.37. The molecule has 0 radical (unpaired) electrons. The fourth-order valence-electron chi connectivity index (χ4n) is 4.70. The van der Waals surface area contributed by atoms with Crippen molar-refractivity contribution in [1.29, 1.82) is 0 Å². The number of halogens is 1. The topological polar surface area (TPSA) is 69.7 Å². The number of alkyl carbamates (subject to hydrolysis) is 1. The number of hydrogen-bond donors (Lipinski definition) is 1. The van der Waals surface area contributed by atoms with Crippen molar-refractivity contribution in [2.75, 3.05) is 0 Å². The second-order valence-corrected chi connectivity index (χ2v) is 11.0. The lowest BCUT2D eigenvalue weighted by molar-refractivity contribution is 0.0367. The van der Waals surface area contributed by atoms with Crippen molar-refractivity contribution in [2.45, 2.75) is 76.7 Å². The van der Waals surface area contributed by atoms with Gasteiger partial charge in [-0.3, -0.25) is 0 Å². The highest BCUT2D eigenvalue weighted by Crippen LogP contribution is 2.38. The number of hydrogen-bond acceptors (Lipinski definition) is 5. The number of fused-ring (bicyclic) bond motifs is 1. The van der Waals surface area contributed by atoms with Crippen LogP contribution in [0.15, 0.2) is 67.4 Å². The van der Waals surface area contributed by atoms with Gasteiger partial charge in [-0.25, -0.2) is 9.78 Å². The summed E-state index contributed by atoms with van der Waals surface area (Å²) in [6.45, 7) is 9.90. The molecule has 1 aromatic heterocycles. The van der Waals surface area contributed by atoms with Gasteiger partial charge in [0.2, 0.25) is 5.88 Å². The fourth-order valence-corrected chi connectivity index (χ4v) is 4.90. The molecule has 0 atom stereocenters. The van der Waals surface area contributed by atoms with Gasteiger partial charge in [-0.1, -0.05) is 48.0 Å². The Morgan fingerprint density at radius 2 is 1.92 bits per heavy atom. The number of rotatable bonds is 8. The molecule has 3 aromatic rings. The van der Waals surface area contributed by atoms with Gasteiger partial charge in [0.15, 0.2) is 0 Å². The first-order valence-corrected chi connectivity index (χ1v) is 13.1. The molecule has 0 aliphatic heterocycles. The van der Waals surface area contributed by atoms with Gasteiger partial charge in [0, 0.05) is 17.1 Å². The second kappa shape index (κ2) is 11.4. The Morgan fingerprint density at radius 1 is 1.19 bits per heavy atom. The van der Waals surface area contributed by atoms with E-state index < -0.39 is 11.7 Å². The summed E-state index contributed by atoms with van der Waals surface area (Å²) in [6, 6.07) is 15.7. The van der Waals surface area contributed by atoms with Crippen LogP contribution in [-0.2, 0) is 11.3 Å². The fraction of sp³-hybridized carbons (Fsp3) is 0.400. The first kappa shape index (κ1) is 26.8. The van der Waals surface area contributed by atoms with Crippen LogP contribution in [0.3, 0.4) is 0 Å². The number of amides is 1. The molecule has 4 rings (SSSR count). The third-order valence-electron chi connectivity index (χ3n) is 6.48. The molecular weight excluding hydrogens is 488 g/mol. The highest BCUT2D eigenvalue weighted by molar-refractivity contribution is 6.33. The minimum Gasteiger partial charge on any atom is -0.489 e. The monoisotopic (exact) mass is 522 g/mol. The number of nitrogens with one attached hydrogen (secondary N) is 1. The maximum atomic E-state index is 12.5. The minimum absolute atomic E-state index is 0.0102. The van der Waals surface area contributed by atoms with E-state index in [2.05, 4.69) is 16.9 Å². The Balaban J connectivity index is 1.42. The molecule has 7 heteroatoms. The van der Waals surface area contributed by atoms with Crippen molar-refractivity contribution in [1.82, 2.24) is 10.3 Å². The van der Waals surface area contributed by atoms with Crippen molar-refractivity contribution in [3.63, 3.8) is 0 Å². The summed E-state index contributed by atoms with van der Waals surface area (Å²) in [6.07, 6.45) is 6.92. The third kappa shape index (κ3) is 7.16. The van der Waals surface area contributed by atoms with Crippen LogP contribution < -0.4 is 14.8 Å². The largest absolute Gasteiger partial charge is 0.489 e. The van der Waals surface area contributed by atoms with Crippen molar-refractivity contribution in [2.24, 2.45) is 0 Å². The Hall–Kier alpha value is -3.25. The molecule has 1 fully saturated rings. The number of pyridine rings is 1. The zero-order valence-electron chi connectivity index (χ0n) is 21.8. The molecule has 1 aliphatic carbocycles. The van der Waals surface area contributed by atoms with E-state index in [9.17, 15) is 4.79 Å². The van der Waals surface area contributed by atoms with Gasteiger partial charge in [-0.15, -0.1) is 6.58 Å². The number of carbonyl (C=O) groups excluding carboxylic acids is 1. The molecule has 196 valence electrons. The van der Waals surface area contributed by atoms with E-state index in [4.69, 9.17) is 25.8 Å². The first-order chi connectivity index (χ1) is 17.7. The van der Waals surface area contributed by atoms with Gasteiger partial charge in [0.05, 0.1) is 11.1 Å². The molecule has 2 aromatic carbocycles. The summed E-state index contributed by atoms with van der Waals surface area (Å²) in [4.78, 5) is 16.9. The van der Waals surface area contributed by atoms with Crippen molar-refractivity contribution in [3.05, 3.63) is 78.0 Å². The molecule has 1 amide bonds. The molecular formula is C30H35ClN2O4. The van der Waals surface area contributed by atoms with E-state index in [1.807, 2.05) is 75.4 Å². The standard InChI is InChI=1S/C30H35ClN2O4/c1-5-14-30(33-28(34)37-29(2,3)4)15-11-23(12-16-30)36-26-18-22-13-17-32-27(24(22)19-25(26)31)35-20-21-9-7-6-8-10-21/h5-10,13,17-19,23H,1,11-12,14-16,20H2,2-4H3,(H,33,34). The normalized spacial score (nSPS) is 19.7. The third-order valence-corrected chi connectivity index (χ3v) is 6.78. The van der Waals surface area contributed by atoms with Gasteiger partial charge in [-0.05, 0) is 82.0 Å². The zero-order chi connectivity index (χ0) is 26.5. The van der Waals surface area contributed by atoms with Crippen LogP contribution in [0.5, 0.6) is 11.6 Å². The zero-order valence-corrected chi connectivity index (χ0v) is 22.5. The van der Waals surface area contributed by atoms with Gasteiger partial charge < -0.3 is 19.5 Å². The van der Waals surface area contributed by atoms with Gasteiger partial charge in [0.1, 0.15) is 18.0 Å². The Morgan fingerprint density at radius 3 is 2.59 bits per heavy atom. The SMILES string of the molecule is C=CCC1(NC(=O)OC(C)(C)C)CCC(Oc2cc3ccnc(OCc4ccccc4)c3cc2Cl)CC1. The molecule has 0 unspecified atom stereocenters. The number of benzene rings is 2. The van der Waals surface area contributed by atoms with Crippen LogP contribution in [0.25, 0.3) is 10.8 Å². The summed E-state index contributed by atoms with van der Waals surface area (Å²) in [7, 11) is 0. The molecule has 37 heavy (non-hydrogen) atoms. The van der Waals surface area contributed by atoms with Crippen LogP contribution >= 0.6 is 11.6 Å². The summed E-state index contributed by atoms with van der Waals surface area (Å²) < 4.78 is 17.8. The summed E-state index contributed by atoms with van der Waals surface area (Å²) >= 11 is 6.65. The molecule has 0 saturated heterocycles. The lowest BCUT2D eigenvalue weighted by Gasteiger charge is -2.40. The first-order valence-electron chi connectivity index (χ1n) is 12.7. The van der Waals surface area contributed by atoms with Crippen LogP contribution in [0.1, 0.15) is 58.4 Å². The van der Waals surface area contributed by atoms with E-state index in [0.29, 0.717) is 29.7 Å². The smallest absolute Gasteiger partial charge is 0.408 e. The maximum Gasteiger partial charge on any atom is 0.408 e. The van der Waals surface area contributed by atoms with E-state index in [1.54, 1.807) is 6.20 Å². The Kier molecular flexibility index (Phi) is 8.28. The molecule has 6 nitrogen and oxygen atoms in total. The minimum atomic E-state index is -0.547. The van der Waals surface area contributed by atoms with Gasteiger partial charge in [0.25, 0.3) is 0 Å². The summed E-state index contributed by atoms with van der Waals surface area (Å²) in [5, 5.41) is 5.40. The molecule has 1 heterocycles. The van der Waals surface area contributed by atoms with Gasteiger partial charge >= 0.3 is 6.09 Å². The van der Waals surface area contributed by atoms with Crippen LogP contribution in [0.2, 0.25) is 5.02 Å². The predicted molar refractivity (Wildman–Crippen MR) is 147 cm³/mol. The van der Waals surface area contributed by atoms with Crippen molar-refractivity contribution < 1.29 is 19.0 Å². The summed E-state index contributed by atoms with van der Waals surface area (Å²) in [5.74, 6) is 1.17. The van der Waals surface area contributed by atoms with Crippen molar-refractivity contribution in [3.8, 4) is 11.6 Å². The van der Waals surface area contributed by atoms with Crippen molar-refractivity contribution >= 4 is 28.5 Å². The average Bonchev–Trinajstić information content (AvgIpc) is 2.84. The van der Waals surface area contributed by atoms with Gasteiger partial charge in [-0.2, -0.15) is 0 Å². The number of carbonyl (C=O) groups is 1. The van der Waals surface area contributed by atoms with Crippen LogP contribution in [0.4, 0.5) is 4.79 Å². The second-order valence-electron chi connectivity index (χ2n) is 10.6. The number of ether oxygens (including phenoxy) is 3. The Bertz CT molecular complexity index is 1230. The predicted octanol–water partition coefficient (Wildman–Crippen LogP) is 7.63. The molecule has 0 spiro atoms. The highest BCUT2D eigenvalue weighted by atomic mass is 35.5. The maximum absolute atomic E-state index is 12.5. The van der Waals surface area contributed by atoms with E-state index in [-0.39, 0.29) is 11.6 Å². The van der Waals surface area contributed by atoms with Crippen LogP contribution in [-0.4, -0.2) is 28.3 Å². The number of aromatic nitrogens is 1. The van der Waals surface area contributed by atoms with E-state index >= 15 is 0 Å². The van der Waals surface area contributed by atoms with Crippen LogP contribution in [0, 0.1) is 0 Å². The molecule has 1 saturated carbocycles. The molecule has 1 aliphatic rings. The van der Waals surface area contributed by atoms with E-state index in [0.717, 1.165) is 42.0 Å².